The first-order valence-electron chi connectivity index (χ1n) is 5.25. The van der Waals surface area contributed by atoms with E-state index >= 15 is 0 Å². The van der Waals surface area contributed by atoms with Gasteiger partial charge >= 0.3 is 5.97 Å². The van der Waals surface area contributed by atoms with Gasteiger partial charge in [0.1, 0.15) is 0 Å². The quantitative estimate of drug-likeness (QED) is 0.884. The molecule has 17 heavy (non-hydrogen) atoms. The van der Waals surface area contributed by atoms with Crippen LogP contribution in [0.5, 0.6) is 0 Å². The molecule has 1 N–H and O–H groups in total. The van der Waals surface area contributed by atoms with Gasteiger partial charge in [-0.05, 0) is 43.0 Å². The Morgan fingerprint density at radius 3 is 2.47 bits per heavy atom. The van der Waals surface area contributed by atoms with E-state index in [9.17, 15) is 4.79 Å². The van der Waals surface area contributed by atoms with E-state index in [4.69, 9.17) is 5.11 Å². The van der Waals surface area contributed by atoms with Gasteiger partial charge < -0.3 is 5.11 Å². The first kappa shape index (κ1) is 11.8. The van der Waals surface area contributed by atoms with Gasteiger partial charge in [0, 0.05) is 0 Å². The number of thiazole rings is 1. The number of rotatable bonds is 2. The van der Waals surface area contributed by atoms with Crippen molar-refractivity contribution in [2.45, 2.75) is 20.8 Å². The molecular weight excluding hydrogens is 234 g/mol. The fourth-order valence-electron chi connectivity index (χ4n) is 1.79. The highest BCUT2D eigenvalue weighted by Gasteiger charge is 2.17. The third kappa shape index (κ3) is 2.08. The predicted molar refractivity (Wildman–Crippen MR) is 68.7 cm³/mol. The molecule has 0 radical (unpaired) electrons. The van der Waals surface area contributed by atoms with E-state index in [0.29, 0.717) is 0 Å². The molecule has 1 aromatic carbocycles. The van der Waals surface area contributed by atoms with Crippen molar-refractivity contribution in [1.82, 2.24) is 4.98 Å². The molecule has 88 valence electrons. The van der Waals surface area contributed by atoms with Gasteiger partial charge in [0.25, 0.3) is 0 Å². The van der Waals surface area contributed by atoms with Gasteiger partial charge in [-0.3, -0.25) is 0 Å². The van der Waals surface area contributed by atoms with Gasteiger partial charge in [-0.2, -0.15) is 0 Å². The van der Waals surface area contributed by atoms with Gasteiger partial charge in [0.2, 0.25) is 0 Å². The fraction of sp³-hybridized carbons (Fsp3) is 0.231. The SMILES string of the molecule is Cc1cc(C)c(-c2scnc2C(=O)O)cc1C. The van der Waals surface area contributed by atoms with Crippen molar-refractivity contribution in [3.8, 4) is 10.4 Å². The third-order valence-corrected chi connectivity index (χ3v) is 3.72. The highest BCUT2D eigenvalue weighted by atomic mass is 32.1. The lowest BCUT2D eigenvalue weighted by Crippen LogP contribution is -1.99. The Kier molecular flexibility index (Phi) is 2.98. The number of aryl methyl sites for hydroxylation is 3. The van der Waals surface area contributed by atoms with Crippen molar-refractivity contribution in [3.63, 3.8) is 0 Å². The largest absolute Gasteiger partial charge is 0.476 e. The molecule has 0 atom stereocenters. The first-order chi connectivity index (χ1) is 8.00. The molecular formula is C13H13NO2S. The molecule has 0 amide bonds. The van der Waals surface area contributed by atoms with Crippen LogP contribution >= 0.6 is 11.3 Å². The number of carboxylic acid groups (broad SMARTS) is 1. The van der Waals surface area contributed by atoms with Crippen molar-refractivity contribution in [2.24, 2.45) is 0 Å². The van der Waals surface area contributed by atoms with Gasteiger partial charge in [-0.15, -0.1) is 11.3 Å². The second-order valence-corrected chi connectivity index (χ2v) is 4.94. The topological polar surface area (TPSA) is 50.2 Å². The standard InChI is InChI=1S/C13H13NO2S/c1-7-4-9(3)10(5-8(7)2)12-11(13(15)16)14-6-17-12/h4-6H,1-3H3,(H,15,16). The molecule has 0 saturated heterocycles. The molecule has 2 rings (SSSR count). The van der Waals surface area contributed by atoms with Crippen molar-refractivity contribution in [1.29, 1.82) is 0 Å². The summed E-state index contributed by atoms with van der Waals surface area (Å²) in [5.41, 5.74) is 6.14. The maximum atomic E-state index is 11.1. The zero-order chi connectivity index (χ0) is 12.6. The molecule has 3 nitrogen and oxygen atoms in total. The Hall–Kier alpha value is -1.68. The number of carboxylic acids is 1. The molecule has 4 heteroatoms. The van der Waals surface area contributed by atoms with Crippen LogP contribution in [-0.4, -0.2) is 16.1 Å². The molecule has 1 aromatic heterocycles. The molecule has 0 fully saturated rings. The molecule has 1 heterocycles. The van der Waals surface area contributed by atoms with Crippen molar-refractivity contribution >= 4 is 17.3 Å². The average molecular weight is 247 g/mol. The lowest BCUT2D eigenvalue weighted by atomic mass is 9.99. The zero-order valence-electron chi connectivity index (χ0n) is 9.94. The van der Waals surface area contributed by atoms with Crippen molar-refractivity contribution in [2.75, 3.05) is 0 Å². The summed E-state index contributed by atoms with van der Waals surface area (Å²) in [6.45, 7) is 6.07. The monoisotopic (exact) mass is 247 g/mol. The van der Waals surface area contributed by atoms with E-state index in [1.54, 1.807) is 5.51 Å². The van der Waals surface area contributed by atoms with Crippen molar-refractivity contribution in [3.05, 3.63) is 40.0 Å². The zero-order valence-corrected chi connectivity index (χ0v) is 10.8. The summed E-state index contributed by atoms with van der Waals surface area (Å²) in [5, 5.41) is 9.07. The molecule has 2 aromatic rings. The summed E-state index contributed by atoms with van der Waals surface area (Å²) in [4.78, 5) is 15.7. The van der Waals surface area contributed by atoms with E-state index in [-0.39, 0.29) is 5.69 Å². The normalized spacial score (nSPS) is 10.5. The smallest absolute Gasteiger partial charge is 0.356 e. The summed E-state index contributed by atoms with van der Waals surface area (Å²) in [7, 11) is 0. The Balaban J connectivity index is 2.64. The lowest BCUT2D eigenvalue weighted by Gasteiger charge is -2.08. The van der Waals surface area contributed by atoms with Gasteiger partial charge in [0.15, 0.2) is 5.69 Å². The van der Waals surface area contributed by atoms with Gasteiger partial charge in [-0.1, -0.05) is 12.1 Å². The number of aromatic nitrogens is 1. The van der Waals surface area contributed by atoms with E-state index in [1.165, 1.54) is 16.9 Å². The first-order valence-corrected chi connectivity index (χ1v) is 6.13. The van der Waals surface area contributed by atoms with Gasteiger partial charge in [-0.25, -0.2) is 9.78 Å². The Morgan fingerprint density at radius 1 is 1.18 bits per heavy atom. The van der Waals surface area contributed by atoms with Crippen LogP contribution in [0.3, 0.4) is 0 Å². The van der Waals surface area contributed by atoms with Crippen LogP contribution in [0.1, 0.15) is 27.2 Å². The number of nitrogens with zero attached hydrogens (tertiary/aromatic N) is 1. The number of aromatic carboxylic acids is 1. The predicted octanol–water partition coefficient (Wildman–Crippen LogP) is 3.43. The maximum absolute atomic E-state index is 11.1. The van der Waals surface area contributed by atoms with Crippen LogP contribution in [0.4, 0.5) is 0 Å². The van der Waals surface area contributed by atoms with E-state index in [1.807, 2.05) is 19.9 Å². The Bertz CT molecular complexity index is 587. The Labute approximate surface area is 104 Å². The second-order valence-electron chi connectivity index (χ2n) is 4.09. The average Bonchev–Trinajstić information content (AvgIpc) is 2.72. The number of hydrogen-bond donors (Lipinski definition) is 1. The van der Waals surface area contributed by atoms with Crippen LogP contribution in [0.2, 0.25) is 0 Å². The minimum absolute atomic E-state index is 0.140. The summed E-state index contributed by atoms with van der Waals surface area (Å²) >= 11 is 1.37. The summed E-state index contributed by atoms with van der Waals surface area (Å²) in [6, 6.07) is 4.11. The minimum Gasteiger partial charge on any atom is -0.476 e. The minimum atomic E-state index is -0.973. The molecule has 0 unspecified atom stereocenters. The van der Waals surface area contributed by atoms with E-state index in [2.05, 4.69) is 18.0 Å². The van der Waals surface area contributed by atoms with Crippen LogP contribution in [-0.2, 0) is 0 Å². The number of carbonyl (C=O) groups is 1. The van der Waals surface area contributed by atoms with Crippen LogP contribution in [0, 0.1) is 20.8 Å². The second kappa shape index (κ2) is 4.30. The molecule has 0 aliphatic rings. The molecule has 0 bridgehead atoms. The maximum Gasteiger partial charge on any atom is 0.356 e. The highest BCUT2D eigenvalue weighted by molar-refractivity contribution is 7.13. The molecule has 0 aliphatic carbocycles. The number of hydrogen-bond acceptors (Lipinski definition) is 3. The van der Waals surface area contributed by atoms with Crippen molar-refractivity contribution < 1.29 is 9.90 Å². The summed E-state index contributed by atoms with van der Waals surface area (Å²) in [6.07, 6.45) is 0. The summed E-state index contributed by atoms with van der Waals surface area (Å²) < 4.78 is 0. The van der Waals surface area contributed by atoms with Gasteiger partial charge in [0.05, 0.1) is 10.4 Å². The van der Waals surface area contributed by atoms with E-state index < -0.39 is 5.97 Å². The highest BCUT2D eigenvalue weighted by Crippen LogP contribution is 2.32. The van der Waals surface area contributed by atoms with Crippen LogP contribution in [0.15, 0.2) is 17.6 Å². The fourth-order valence-corrected chi connectivity index (χ4v) is 2.66. The number of benzene rings is 1. The third-order valence-electron chi connectivity index (χ3n) is 2.86. The Morgan fingerprint density at radius 2 is 1.82 bits per heavy atom. The van der Waals surface area contributed by atoms with Crippen LogP contribution < -0.4 is 0 Å². The van der Waals surface area contributed by atoms with Crippen LogP contribution in [0.25, 0.3) is 10.4 Å². The molecule has 0 spiro atoms. The lowest BCUT2D eigenvalue weighted by molar-refractivity contribution is 0.0692. The molecule has 0 saturated carbocycles. The molecule has 0 aliphatic heterocycles. The van der Waals surface area contributed by atoms with E-state index in [0.717, 1.165) is 21.6 Å². The summed E-state index contributed by atoms with van der Waals surface area (Å²) in [5.74, 6) is -0.973.